The summed E-state index contributed by atoms with van der Waals surface area (Å²) in [6.45, 7) is 10.1. The minimum atomic E-state index is -3.52. The Labute approximate surface area is 252 Å². The van der Waals surface area contributed by atoms with E-state index in [1.165, 1.54) is 11.4 Å². The van der Waals surface area contributed by atoms with Crippen LogP contribution in [0.5, 0.6) is 0 Å². The summed E-state index contributed by atoms with van der Waals surface area (Å²) in [5.74, 6) is 1.25. The third-order valence-corrected chi connectivity index (χ3v) is 8.94. The second-order valence-electron chi connectivity index (χ2n) is 12.1. The number of carbonyl (C=O) groups is 2. The molecule has 0 radical (unpaired) electrons. The lowest BCUT2D eigenvalue weighted by atomic mass is 10.0. The van der Waals surface area contributed by atoms with Gasteiger partial charge >= 0.3 is 0 Å². The lowest BCUT2D eigenvalue weighted by Gasteiger charge is -2.25. The summed E-state index contributed by atoms with van der Waals surface area (Å²) in [7, 11) is -2.04. The first kappa shape index (κ1) is 33.4. The number of hydrogen-bond donors (Lipinski definition) is 4. The molecule has 3 rings (SSSR count). The largest absolute Gasteiger partial charge is 0.385 e. The molecule has 1 fully saturated rings. The number of carbonyl (C=O) groups excluding carboxylic acids is 2. The van der Waals surface area contributed by atoms with Crippen molar-refractivity contribution >= 4 is 33.2 Å². The van der Waals surface area contributed by atoms with Crippen molar-refractivity contribution in [2.75, 3.05) is 42.6 Å². The van der Waals surface area contributed by atoms with Gasteiger partial charge in [0.25, 0.3) is 5.91 Å². The number of amides is 2. The van der Waals surface area contributed by atoms with Gasteiger partial charge in [-0.25, -0.2) is 8.42 Å². The van der Waals surface area contributed by atoms with Crippen molar-refractivity contribution in [1.82, 2.24) is 16.0 Å². The highest BCUT2D eigenvalue weighted by Gasteiger charge is 2.32. The van der Waals surface area contributed by atoms with Crippen molar-refractivity contribution in [1.29, 1.82) is 0 Å². The Morgan fingerprint density at radius 3 is 2.36 bits per heavy atom. The lowest BCUT2D eigenvalue weighted by Crippen LogP contribution is -2.51. The zero-order valence-corrected chi connectivity index (χ0v) is 26.8. The molecule has 1 aliphatic rings. The van der Waals surface area contributed by atoms with Crippen molar-refractivity contribution in [3.8, 4) is 0 Å². The van der Waals surface area contributed by atoms with Crippen molar-refractivity contribution < 1.29 is 18.0 Å². The molecule has 2 aromatic rings. The summed E-state index contributed by atoms with van der Waals surface area (Å²) in [5, 5.41) is 13.0. The van der Waals surface area contributed by atoms with E-state index in [1.54, 1.807) is 18.2 Å². The summed E-state index contributed by atoms with van der Waals surface area (Å²) >= 11 is 0. The van der Waals surface area contributed by atoms with E-state index in [0.717, 1.165) is 31.2 Å². The molecular weight excluding hydrogens is 550 g/mol. The molecule has 2 amide bonds. The summed E-state index contributed by atoms with van der Waals surface area (Å²) in [4.78, 5) is 26.6. The molecular formula is C32H49N5O4S. The molecule has 4 N–H and O–H groups in total. The number of rotatable bonds is 17. The molecule has 1 aliphatic carbocycles. The molecule has 0 heterocycles. The average molecular weight is 600 g/mol. The fraction of sp³-hybridized carbons (Fsp3) is 0.562. The quantitative estimate of drug-likeness (QED) is 0.218. The van der Waals surface area contributed by atoms with Crippen molar-refractivity contribution in [3.05, 3.63) is 59.7 Å². The van der Waals surface area contributed by atoms with Gasteiger partial charge in [-0.3, -0.25) is 13.9 Å². The number of nitrogens with one attached hydrogen (secondary N) is 4. The summed E-state index contributed by atoms with van der Waals surface area (Å²) in [6, 6.07) is 14.4. The van der Waals surface area contributed by atoms with Crippen LogP contribution in [-0.2, 0) is 21.2 Å². The topological polar surface area (TPSA) is 120 Å². The Kier molecular flexibility index (Phi) is 12.2. The zero-order chi connectivity index (χ0) is 30.9. The second-order valence-corrected chi connectivity index (χ2v) is 14.1. The van der Waals surface area contributed by atoms with Gasteiger partial charge < -0.3 is 21.3 Å². The van der Waals surface area contributed by atoms with Gasteiger partial charge in [-0.05, 0) is 60.8 Å². The predicted octanol–water partition coefficient (Wildman–Crippen LogP) is 4.02. The average Bonchev–Trinajstić information content (AvgIpc) is 3.66. The van der Waals surface area contributed by atoms with Gasteiger partial charge in [0.2, 0.25) is 15.9 Å². The SMILES string of the molecule is CCC[C@H](NC[C@H](Cc1ccccc1)NC(=O)c1cc(NCC2CC2C)cc(N(C)S(C)(=O)=O)c1)C(=O)NCC(C)C. The summed E-state index contributed by atoms with van der Waals surface area (Å²) in [5.41, 5.74) is 2.55. The van der Waals surface area contributed by atoms with E-state index < -0.39 is 10.0 Å². The smallest absolute Gasteiger partial charge is 0.251 e. The third kappa shape index (κ3) is 10.6. The Hall–Kier alpha value is -3.11. The molecule has 10 heteroatoms. The highest BCUT2D eigenvalue weighted by molar-refractivity contribution is 7.92. The van der Waals surface area contributed by atoms with E-state index in [2.05, 4.69) is 42.0 Å². The van der Waals surface area contributed by atoms with Crippen LogP contribution < -0.4 is 25.6 Å². The predicted molar refractivity (Wildman–Crippen MR) is 171 cm³/mol. The van der Waals surface area contributed by atoms with Gasteiger partial charge in [-0.1, -0.05) is 64.4 Å². The fourth-order valence-corrected chi connectivity index (χ4v) is 5.31. The molecule has 232 valence electrons. The molecule has 2 unspecified atom stereocenters. The highest BCUT2D eigenvalue weighted by Crippen LogP contribution is 2.37. The molecule has 0 spiro atoms. The van der Waals surface area contributed by atoms with E-state index in [9.17, 15) is 18.0 Å². The van der Waals surface area contributed by atoms with Gasteiger partial charge in [0, 0.05) is 44.0 Å². The molecule has 0 bridgehead atoms. The summed E-state index contributed by atoms with van der Waals surface area (Å²) < 4.78 is 25.8. The van der Waals surface area contributed by atoms with Crippen LogP contribution in [0.2, 0.25) is 0 Å². The molecule has 2 aromatic carbocycles. The standard InChI is InChI=1S/C32H49N5O4S/c1-7-11-30(32(39)35-19-22(2)3)34-21-28(15-24-12-9-8-10-13-24)36-31(38)25-16-27(33-20-26-14-23(26)4)18-29(17-25)37(5)42(6,40)41/h8-10,12-13,16-18,22-23,26,28,30,33-34H,7,11,14-15,19-21H2,1-6H3,(H,35,39)(H,36,38)/t23?,26?,28-,30-/m0/s1. The molecule has 9 nitrogen and oxygen atoms in total. The van der Waals surface area contributed by atoms with Crippen LogP contribution >= 0.6 is 0 Å². The number of anilines is 2. The Morgan fingerprint density at radius 2 is 1.76 bits per heavy atom. The van der Waals surface area contributed by atoms with Crippen LogP contribution in [0.1, 0.15) is 62.9 Å². The van der Waals surface area contributed by atoms with Crippen LogP contribution in [0.15, 0.2) is 48.5 Å². The van der Waals surface area contributed by atoms with E-state index >= 15 is 0 Å². The van der Waals surface area contributed by atoms with E-state index in [-0.39, 0.29) is 23.9 Å². The first-order chi connectivity index (χ1) is 19.9. The second kappa shape index (κ2) is 15.4. The van der Waals surface area contributed by atoms with Crippen molar-refractivity contribution in [2.24, 2.45) is 17.8 Å². The molecule has 0 aromatic heterocycles. The van der Waals surface area contributed by atoms with Crippen molar-refractivity contribution in [3.63, 3.8) is 0 Å². The first-order valence-electron chi connectivity index (χ1n) is 15.1. The third-order valence-electron chi connectivity index (χ3n) is 7.73. The van der Waals surface area contributed by atoms with E-state index in [1.807, 2.05) is 37.3 Å². The van der Waals surface area contributed by atoms with Crippen LogP contribution in [-0.4, -0.2) is 65.3 Å². The Bertz CT molecular complexity index is 1290. The normalized spacial score (nSPS) is 17.8. The van der Waals surface area contributed by atoms with Crippen LogP contribution in [0.3, 0.4) is 0 Å². The fourth-order valence-electron chi connectivity index (χ4n) is 4.82. The number of hydrogen-bond acceptors (Lipinski definition) is 6. The lowest BCUT2D eigenvalue weighted by molar-refractivity contribution is -0.123. The van der Waals surface area contributed by atoms with Gasteiger partial charge in [-0.2, -0.15) is 0 Å². The highest BCUT2D eigenvalue weighted by atomic mass is 32.2. The van der Waals surface area contributed by atoms with E-state index in [4.69, 9.17) is 0 Å². The number of sulfonamides is 1. The number of benzene rings is 2. The van der Waals surface area contributed by atoms with Crippen molar-refractivity contribution in [2.45, 2.75) is 65.5 Å². The van der Waals surface area contributed by atoms with Gasteiger partial charge in [0.1, 0.15) is 0 Å². The maximum atomic E-state index is 13.7. The van der Waals surface area contributed by atoms with Gasteiger partial charge in [0.15, 0.2) is 0 Å². The van der Waals surface area contributed by atoms with E-state index in [0.29, 0.717) is 60.6 Å². The molecule has 1 saturated carbocycles. The first-order valence-corrected chi connectivity index (χ1v) is 16.9. The minimum absolute atomic E-state index is 0.0347. The maximum absolute atomic E-state index is 13.7. The molecule has 0 saturated heterocycles. The molecule has 42 heavy (non-hydrogen) atoms. The van der Waals surface area contributed by atoms with Gasteiger partial charge in [-0.15, -0.1) is 0 Å². The maximum Gasteiger partial charge on any atom is 0.251 e. The minimum Gasteiger partial charge on any atom is -0.385 e. The van der Waals surface area contributed by atoms with Gasteiger partial charge in [0.05, 0.1) is 18.0 Å². The zero-order valence-electron chi connectivity index (χ0n) is 25.9. The Morgan fingerprint density at radius 1 is 1.07 bits per heavy atom. The van der Waals surface area contributed by atoms with Crippen LogP contribution in [0.4, 0.5) is 11.4 Å². The number of nitrogens with zero attached hydrogens (tertiary/aromatic N) is 1. The summed E-state index contributed by atoms with van der Waals surface area (Å²) in [6.07, 6.45) is 4.40. The molecule has 0 aliphatic heterocycles. The Balaban J connectivity index is 1.82. The van der Waals surface area contributed by atoms with Crippen LogP contribution in [0, 0.1) is 17.8 Å². The monoisotopic (exact) mass is 599 g/mol. The van der Waals surface area contributed by atoms with Crippen LogP contribution in [0.25, 0.3) is 0 Å². The molecule has 4 atom stereocenters.